The van der Waals surface area contributed by atoms with Crippen molar-refractivity contribution in [3.8, 4) is 0 Å². The van der Waals surface area contributed by atoms with Gasteiger partial charge in [0.25, 0.3) is 5.56 Å². The lowest BCUT2D eigenvalue weighted by atomic mass is 10.3. The largest absolute Gasteiger partial charge is 0.279 e. The third-order valence-electron chi connectivity index (χ3n) is 3.92. The Kier molecular flexibility index (Phi) is 5.41. The second-order valence-electron chi connectivity index (χ2n) is 5.86. The molecule has 2 heterocycles. The van der Waals surface area contributed by atoms with E-state index < -0.39 is 0 Å². The highest BCUT2D eigenvalue weighted by Gasteiger charge is 2.12. The summed E-state index contributed by atoms with van der Waals surface area (Å²) in [6.45, 7) is 0. The molecule has 0 spiro atoms. The molecule has 5 nitrogen and oxygen atoms in total. The van der Waals surface area contributed by atoms with Crippen molar-refractivity contribution in [1.82, 2.24) is 9.38 Å². The van der Waals surface area contributed by atoms with E-state index in [9.17, 15) is 4.79 Å². The van der Waals surface area contributed by atoms with Gasteiger partial charge in [0, 0.05) is 16.1 Å². The maximum absolute atomic E-state index is 13.0. The molecule has 1 N–H and O–H groups in total. The van der Waals surface area contributed by atoms with Gasteiger partial charge in [-0.05, 0) is 48.5 Å². The van der Waals surface area contributed by atoms with Crippen molar-refractivity contribution in [2.45, 2.75) is 9.92 Å². The highest BCUT2D eigenvalue weighted by molar-refractivity contribution is 7.99. The number of halogens is 1. The molecule has 0 fully saturated rings. The average molecular weight is 407 g/mol. The van der Waals surface area contributed by atoms with E-state index in [1.165, 1.54) is 22.4 Å². The van der Waals surface area contributed by atoms with Crippen LogP contribution in [0, 0.1) is 0 Å². The van der Waals surface area contributed by atoms with Crippen LogP contribution < -0.4 is 11.0 Å². The number of nitrogens with zero attached hydrogens (tertiary/aromatic N) is 3. The lowest BCUT2D eigenvalue weighted by Gasteiger charge is -2.08. The zero-order valence-electron chi connectivity index (χ0n) is 14.6. The van der Waals surface area contributed by atoms with E-state index in [-0.39, 0.29) is 5.56 Å². The monoisotopic (exact) mass is 406 g/mol. The van der Waals surface area contributed by atoms with Crippen LogP contribution in [0.5, 0.6) is 0 Å². The van der Waals surface area contributed by atoms with Crippen LogP contribution >= 0.6 is 23.4 Å². The average Bonchev–Trinajstić information content (AvgIpc) is 2.73. The molecule has 7 heteroatoms. The van der Waals surface area contributed by atoms with Crippen molar-refractivity contribution in [1.29, 1.82) is 0 Å². The van der Waals surface area contributed by atoms with Gasteiger partial charge >= 0.3 is 0 Å². The molecule has 0 saturated heterocycles. The number of rotatable bonds is 5. The molecular weight excluding hydrogens is 392 g/mol. The van der Waals surface area contributed by atoms with E-state index in [4.69, 9.17) is 11.6 Å². The first-order chi connectivity index (χ1) is 13.7. The summed E-state index contributed by atoms with van der Waals surface area (Å²) in [5, 5.41) is 5.47. The van der Waals surface area contributed by atoms with Gasteiger partial charge in [-0.15, -0.1) is 0 Å². The number of anilines is 1. The summed E-state index contributed by atoms with van der Waals surface area (Å²) >= 11 is 7.36. The Morgan fingerprint density at radius 2 is 1.75 bits per heavy atom. The first kappa shape index (κ1) is 18.3. The number of benzene rings is 2. The number of hydrogen-bond donors (Lipinski definition) is 1. The molecule has 2 aromatic heterocycles. The lowest BCUT2D eigenvalue weighted by molar-refractivity contribution is 0.977. The van der Waals surface area contributed by atoms with Crippen molar-refractivity contribution < 1.29 is 0 Å². The molecule has 0 aliphatic carbocycles. The van der Waals surface area contributed by atoms with Crippen LogP contribution in [-0.2, 0) is 0 Å². The Morgan fingerprint density at radius 3 is 2.54 bits per heavy atom. The van der Waals surface area contributed by atoms with Crippen molar-refractivity contribution in [2.75, 3.05) is 5.43 Å². The fraction of sp³-hybridized carbons (Fsp3) is 0. The van der Waals surface area contributed by atoms with Gasteiger partial charge in [-0.25, -0.2) is 4.98 Å². The SMILES string of the molecule is O=c1c(/C=N/Nc2ccccc2)c(Sc2ccc(Cl)cc2)nc2ccccn12. The third-order valence-corrected chi connectivity index (χ3v) is 5.19. The van der Waals surface area contributed by atoms with Crippen LogP contribution in [0.2, 0.25) is 5.02 Å². The maximum atomic E-state index is 13.0. The molecule has 0 amide bonds. The van der Waals surface area contributed by atoms with Gasteiger partial charge in [0.2, 0.25) is 0 Å². The number of hydrogen-bond acceptors (Lipinski definition) is 5. The molecular formula is C21H15ClN4OS. The number of fused-ring (bicyclic) bond motifs is 1. The van der Waals surface area contributed by atoms with Crippen LogP contribution in [0.3, 0.4) is 0 Å². The Hall–Kier alpha value is -3.09. The summed E-state index contributed by atoms with van der Waals surface area (Å²) in [5.74, 6) is 0. The van der Waals surface area contributed by atoms with Crippen LogP contribution in [0.15, 0.2) is 98.8 Å². The van der Waals surface area contributed by atoms with Gasteiger partial charge in [-0.3, -0.25) is 14.6 Å². The normalized spacial score (nSPS) is 11.2. The fourth-order valence-electron chi connectivity index (χ4n) is 2.57. The minimum Gasteiger partial charge on any atom is -0.279 e. The van der Waals surface area contributed by atoms with E-state index in [2.05, 4.69) is 15.5 Å². The van der Waals surface area contributed by atoms with Gasteiger partial charge in [0.05, 0.1) is 17.5 Å². The molecule has 0 bridgehead atoms. The van der Waals surface area contributed by atoms with E-state index in [1.54, 1.807) is 18.3 Å². The van der Waals surface area contributed by atoms with Crippen molar-refractivity contribution in [3.05, 3.63) is 99.9 Å². The summed E-state index contributed by atoms with van der Waals surface area (Å²) in [6.07, 6.45) is 3.21. The second-order valence-corrected chi connectivity index (χ2v) is 7.36. The summed E-state index contributed by atoms with van der Waals surface area (Å²) in [6, 6.07) is 22.4. The van der Waals surface area contributed by atoms with E-state index in [1.807, 2.05) is 60.7 Å². The zero-order valence-corrected chi connectivity index (χ0v) is 16.2. The van der Waals surface area contributed by atoms with Gasteiger partial charge in [0.1, 0.15) is 10.7 Å². The molecule has 138 valence electrons. The maximum Gasteiger partial charge on any atom is 0.267 e. The Labute approximate surface area is 170 Å². The van der Waals surface area contributed by atoms with Crippen molar-refractivity contribution >= 4 is 40.9 Å². The van der Waals surface area contributed by atoms with Crippen molar-refractivity contribution in [2.24, 2.45) is 5.10 Å². The second kappa shape index (κ2) is 8.29. The van der Waals surface area contributed by atoms with Crippen molar-refractivity contribution in [3.63, 3.8) is 0 Å². The Bertz CT molecular complexity index is 1190. The molecule has 0 atom stereocenters. The molecule has 28 heavy (non-hydrogen) atoms. The topological polar surface area (TPSA) is 58.8 Å². The van der Waals surface area contributed by atoms with E-state index >= 15 is 0 Å². The molecule has 4 aromatic rings. The quantitative estimate of drug-likeness (QED) is 0.289. The lowest BCUT2D eigenvalue weighted by Crippen LogP contribution is -2.21. The smallest absolute Gasteiger partial charge is 0.267 e. The standard InChI is InChI=1S/C21H15ClN4OS/c22-15-9-11-17(12-10-15)28-20-18(14-23-25-16-6-2-1-3-7-16)21(27)26-13-5-4-8-19(26)24-20/h1-14,25H/b23-14+. The predicted octanol–water partition coefficient (Wildman–Crippen LogP) is 4.95. The van der Waals surface area contributed by atoms with E-state index in [0.29, 0.717) is 21.3 Å². The highest BCUT2D eigenvalue weighted by atomic mass is 35.5. The van der Waals surface area contributed by atoms with Gasteiger partial charge in [-0.1, -0.05) is 47.6 Å². The minimum atomic E-state index is -0.180. The fourth-order valence-corrected chi connectivity index (χ4v) is 3.58. The van der Waals surface area contributed by atoms with E-state index in [0.717, 1.165) is 10.6 Å². The Balaban J connectivity index is 1.74. The number of hydrazone groups is 1. The predicted molar refractivity (Wildman–Crippen MR) is 115 cm³/mol. The van der Waals surface area contributed by atoms with Crippen LogP contribution in [-0.4, -0.2) is 15.6 Å². The van der Waals surface area contributed by atoms with Crippen LogP contribution in [0.1, 0.15) is 5.56 Å². The zero-order chi connectivity index (χ0) is 19.3. The van der Waals surface area contributed by atoms with Gasteiger partial charge in [0.15, 0.2) is 0 Å². The summed E-state index contributed by atoms with van der Waals surface area (Å²) in [5.41, 5.74) is 4.58. The summed E-state index contributed by atoms with van der Waals surface area (Å²) in [4.78, 5) is 18.6. The molecule has 2 aromatic carbocycles. The van der Waals surface area contributed by atoms with Crippen LogP contribution in [0.4, 0.5) is 5.69 Å². The molecule has 4 rings (SSSR count). The first-order valence-corrected chi connectivity index (χ1v) is 9.69. The number of nitrogens with one attached hydrogen (secondary N) is 1. The highest BCUT2D eigenvalue weighted by Crippen LogP contribution is 2.28. The van der Waals surface area contributed by atoms with Gasteiger partial charge in [-0.2, -0.15) is 5.10 Å². The summed E-state index contributed by atoms with van der Waals surface area (Å²) < 4.78 is 1.51. The molecule has 0 radical (unpaired) electrons. The number of para-hydroxylation sites is 1. The molecule has 0 aliphatic heterocycles. The third kappa shape index (κ3) is 4.08. The summed E-state index contributed by atoms with van der Waals surface area (Å²) in [7, 11) is 0. The molecule has 0 unspecified atom stereocenters. The molecule has 0 saturated carbocycles. The van der Waals surface area contributed by atoms with Gasteiger partial charge < -0.3 is 0 Å². The number of aromatic nitrogens is 2. The minimum absolute atomic E-state index is 0.180. The molecule has 0 aliphatic rings. The number of pyridine rings is 1. The van der Waals surface area contributed by atoms with Crippen LogP contribution in [0.25, 0.3) is 5.65 Å². The Morgan fingerprint density at radius 1 is 1.00 bits per heavy atom. The first-order valence-electron chi connectivity index (χ1n) is 8.50.